The van der Waals surface area contributed by atoms with E-state index in [4.69, 9.17) is 4.74 Å². The summed E-state index contributed by atoms with van der Waals surface area (Å²) in [6.45, 7) is 4.01. The summed E-state index contributed by atoms with van der Waals surface area (Å²) >= 11 is 1.39. The first-order valence-electron chi connectivity index (χ1n) is 8.31. The van der Waals surface area contributed by atoms with E-state index in [0.29, 0.717) is 29.6 Å². The fraction of sp³-hybridized carbons (Fsp3) is 0.263. The molecule has 1 aliphatic rings. The van der Waals surface area contributed by atoms with Crippen LogP contribution in [-0.2, 0) is 16.0 Å². The molecule has 2 heterocycles. The second-order valence-corrected chi connectivity index (χ2v) is 6.96. The molecule has 1 aromatic heterocycles. The molecule has 1 aliphatic heterocycles. The van der Waals surface area contributed by atoms with E-state index in [-0.39, 0.29) is 17.1 Å². The summed E-state index contributed by atoms with van der Waals surface area (Å²) in [4.78, 5) is 32.6. The number of thioether (sulfide) groups is 1. The highest BCUT2D eigenvalue weighted by Crippen LogP contribution is 2.25. The van der Waals surface area contributed by atoms with E-state index in [9.17, 15) is 9.59 Å². The van der Waals surface area contributed by atoms with Crippen LogP contribution in [-0.4, -0.2) is 33.9 Å². The zero-order chi connectivity index (χ0) is 18.5. The first kappa shape index (κ1) is 18.1. The van der Waals surface area contributed by atoms with E-state index in [1.54, 1.807) is 25.1 Å². The van der Waals surface area contributed by atoms with Gasteiger partial charge in [0.2, 0.25) is 5.91 Å². The number of benzene rings is 1. The van der Waals surface area contributed by atoms with Crippen molar-refractivity contribution in [2.75, 3.05) is 6.61 Å². The number of ether oxygens (including phenoxy) is 1. The van der Waals surface area contributed by atoms with Crippen molar-refractivity contribution in [2.24, 2.45) is 4.99 Å². The van der Waals surface area contributed by atoms with Gasteiger partial charge < -0.3 is 10.1 Å². The average molecular weight is 369 g/mol. The zero-order valence-electron chi connectivity index (χ0n) is 14.6. The molecule has 1 saturated heterocycles. The quantitative estimate of drug-likeness (QED) is 0.820. The Balaban J connectivity index is 1.65. The molecule has 1 amide bonds. The largest absolute Gasteiger partial charge is 0.462 e. The third-order valence-electron chi connectivity index (χ3n) is 3.75. The molecule has 26 heavy (non-hydrogen) atoms. The Morgan fingerprint density at radius 1 is 1.27 bits per heavy atom. The van der Waals surface area contributed by atoms with E-state index in [2.05, 4.69) is 15.3 Å². The number of aliphatic imine (C=N–C) groups is 1. The third kappa shape index (κ3) is 4.49. The summed E-state index contributed by atoms with van der Waals surface area (Å²) in [5.41, 5.74) is 2.35. The minimum atomic E-state index is -0.341. The maximum Gasteiger partial charge on any atom is 0.338 e. The van der Waals surface area contributed by atoms with Crippen molar-refractivity contribution in [2.45, 2.75) is 25.5 Å². The Bertz CT molecular complexity index is 849. The van der Waals surface area contributed by atoms with Crippen LogP contribution in [0.1, 0.15) is 28.5 Å². The predicted molar refractivity (Wildman–Crippen MR) is 102 cm³/mol. The minimum absolute atomic E-state index is 0.0733. The number of carbonyl (C=O) groups excluding carboxylic acids is 2. The molecular formula is C19H19N3O3S. The van der Waals surface area contributed by atoms with Gasteiger partial charge in [0.15, 0.2) is 11.0 Å². The summed E-state index contributed by atoms with van der Waals surface area (Å²) < 4.78 is 4.97. The van der Waals surface area contributed by atoms with E-state index in [1.165, 1.54) is 11.8 Å². The van der Waals surface area contributed by atoms with Gasteiger partial charge in [0.05, 0.1) is 17.4 Å². The third-order valence-corrected chi connectivity index (χ3v) is 4.83. The van der Waals surface area contributed by atoms with Gasteiger partial charge >= 0.3 is 5.97 Å². The molecule has 1 aromatic carbocycles. The predicted octanol–water partition coefficient (Wildman–Crippen LogP) is 3.03. The number of rotatable bonds is 5. The molecule has 0 spiro atoms. The number of amides is 1. The lowest BCUT2D eigenvalue weighted by molar-refractivity contribution is -0.118. The normalized spacial score (nSPS) is 18.0. The number of esters is 1. The van der Waals surface area contributed by atoms with Gasteiger partial charge in [-0.05, 0) is 50.1 Å². The summed E-state index contributed by atoms with van der Waals surface area (Å²) in [5.74, 6) is 0.162. The van der Waals surface area contributed by atoms with E-state index in [1.807, 2.05) is 31.2 Å². The van der Waals surface area contributed by atoms with Crippen LogP contribution < -0.4 is 5.32 Å². The van der Waals surface area contributed by atoms with Gasteiger partial charge in [-0.1, -0.05) is 30.0 Å². The van der Waals surface area contributed by atoms with Gasteiger partial charge in [-0.25, -0.2) is 14.8 Å². The Morgan fingerprint density at radius 3 is 2.73 bits per heavy atom. The average Bonchev–Trinajstić information content (AvgIpc) is 2.95. The topological polar surface area (TPSA) is 80.7 Å². The van der Waals surface area contributed by atoms with E-state index >= 15 is 0 Å². The van der Waals surface area contributed by atoms with Gasteiger partial charge in [0.1, 0.15) is 0 Å². The number of nitrogens with zero attached hydrogens (tertiary/aromatic N) is 2. The van der Waals surface area contributed by atoms with Crippen molar-refractivity contribution in [3.63, 3.8) is 0 Å². The van der Waals surface area contributed by atoms with Gasteiger partial charge in [0, 0.05) is 5.69 Å². The summed E-state index contributed by atoms with van der Waals surface area (Å²) in [6, 6.07) is 12.7. The lowest BCUT2D eigenvalue weighted by Gasteiger charge is -2.06. The number of nitrogens with one attached hydrogen (secondary N) is 1. The Labute approximate surface area is 156 Å². The Morgan fingerprint density at radius 2 is 2.04 bits per heavy atom. The number of aromatic nitrogens is 1. The van der Waals surface area contributed by atoms with E-state index < -0.39 is 0 Å². The van der Waals surface area contributed by atoms with Crippen LogP contribution in [0.5, 0.6) is 0 Å². The molecule has 7 heteroatoms. The van der Waals surface area contributed by atoms with Gasteiger partial charge in [-0.2, -0.15) is 0 Å². The molecule has 0 saturated carbocycles. The SMILES string of the molecule is CCOC(=O)c1ccc(CC2S/C(=N\c3cccc(C)n3)NC2=O)cc1. The van der Waals surface area contributed by atoms with Gasteiger partial charge in [-0.15, -0.1) is 0 Å². The van der Waals surface area contributed by atoms with Crippen LogP contribution in [0.2, 0.25) is 0 Å². The lowest BCUT2D eigenvalue weighted by atomic mass is 10.1. The van der Waals surface area contributed by atoms with Crippen LogP contribution in [0.25, 0.3) is 0 Å². The smallest absolute Gasteiger partial charge is 0.338 e. The number of hydrogen-bond acceptors (Lipinski definition) is 6. The van der Waals surface area contributed by atoms with Crippen LogP contribution in [0.3, 0.4) is 0 Å². The number of aryl methyl sites for hydroxylation is 1. The number of carbonyl (C=O) groups is 2. The van der Waals surface area contributed by atoms with Gasteiger partial charge in [-0.3, -0.25) is 4.79 Å². The number of amidine groups is 1. The van der Waals surface area contributed by atoms with Crippen LogP contribution in [0, 0.1) is 6.92 Å². The first-order valence-corrected chi connectivity index (χ1v) is 9.19. The lowest BCUT2D eigenvalue weighted by Crippen LogP contribution is -2.26. The number of pyridine rings is 1. The summed E-state index contributed by atoms with van der Waals surface area (Å²) in [7, 11) is 0. The van der Waals surface area contributed by atoms with Crippen molar-refractivity contribution in [1.29, 1.82) is 0 Å². The molecule has 1 N–H and O–H groups in total. The molecule has 0 radical (unpaired) electrons. The fourth-order valence-electron chi connectivity index (χ4n) is 2.49. The van der Waals surface area contributed by atoms with Crippen molar-refractivity contribution in [3.05, 3.63) is 59.3 Å². The maximum atomic E-state index is 12.2. The molecule has 1 unspecified atom stereocenters. The molecule has 3 rings (SSSR count). The molecule has 134 valence electrons. The van der Waals surface area contributed by atoms with Crippen molar-refractivity contribution in [1.82, 2.24) is 10.3 Å². The highest BCUT2D eigenvalue weighted by Gasteiger charge is 2.30. The summed E-state index contributed by atoms with van der Waals surface area (Å²) in [6.07, 6.45) is 0.555. The van der Waals surface area contributed by atoms with Crippen molar-refractivity contribution in [3.8, 4) is 0 Å². The highest BCUT2D eigenvalue weighted by atomic mass is 32.2. The molecule has 1 atom stereocenters. The molecular weight excluding hydrogens is 350 g/mol. The Kier molecular flexibility index (Phi) is 5.68. The zero-order valence-corrected chi connectivity index (χ0v) is 15.4. The van der Waals surface area contributed by atoms with Gasteiger partial charge in [0.25, 0.3) is 0 Å². The monoisotopic (exact) mass is 369 g/mol. The highest BCUT2D eigenvalue weighted by molar-refractivity contribution is 8.15. The van der Waals surface area contributed by atoms with Crippen LogP contribution >= 0.6 is 11.8 Å². The second-order valence-electron chi connectivity index (χ2n) is 5.77. The van der Waals surface area contributed by atoms with E-state index in [0.717, 1.165) is 11.3 Å². The van der Waals surface area contributed by atoms with Crippen molar-refractivity contribution < 1.29 is 14.3 Å². The summed E-state index contributed by atoms with van der Waals surface area (Å²) in [5, 5.41) is 3.10. The maximum absolute atomic E-state index is 12.2. The first-order chi connectivity index (χ1) is 12.5. The molecule has 0 aliphatic carbocycles. The fourth-order valence-corrected chi connectivity index (χ4v) is 3.51. The molecule has 0 bridgehead atoms. The van der Waals surface area contributed by atoms with Crippen molar-refractivity contribution >= 4 is 34.6 Å². The Hall–Kier alpha value is -2.67. The molecule has 1 fully saturated rings. The van der Waals surface area contributed by atoms with Crippen LogP contribution in [0.15, 0.2) is 47.5 Å². The molecule has 6 nitrogen and oxygen atoms in total. The standard InChI is InChI=1S/C19H19N3O3S/c1-3-25-18(24)14-9-7-13(8-10-14)11-15-17(23)22-19(26-15)21-16-6-4-5-12(2)20-16/h4-10,15H,3,11H2,1-2H3,(H,20,21,22,23). The number of hydrogen-bond donors (Lipinski definition) is 1. The minimum Gasteiger partial charge on any atom is -0.462 e. The van der Waals surface area contributed by atoms with Crippen LogP contribution in [0.4, 0.5) is 5.82 Å². The second kappa shape index (κ2) is 8.14. The molecule has 2 aromatic rings.